The van der Waals surface area contributed by atoms with Crippen molar-refractivity contribution < 1.29 is 22.7 Å². The summed E-state index contributed by atoms with van der Waals surface area (Å²) in [6, 6.07) is 14.1. The predicted octanol–water partition coefficient (Wildman–Crippen LogP) is 6.46. The molecule has 1 fully saturated rings. The van der Waals surface area contributed by atoms with Crippen LogP contribution in [0.5, 0.6) is 0 Å². The van der Waals surface area contributed by atoms with E-state index in [0.29, 0.717) is 61.6 Å². The maximum Gasteiger partial charge on any atom is 0.410 e. The lowest BCUT2D eigenvalue weighted by molar-refractivity contribution is 0.102. The Bertz CT molecular complexity index is 1740. The molecular formula is C31H34N4O5S3. The molecule has 2 atom stereocenters. The number of carbonyl (C=O) groups is 2. The van der Waals surface area contributed by atoms with Gasteiger partial charge in [-0.15, -0.1) is 22.7 Å². The van der Waals surface area contributed by atoms with Crippen LogP contribution in [0.15, 0.2) is 53.4 Å². The highest BCUT2D eigenvalue weighted by Crippen LogP contribution is 2.46. The molecule has 2 aromatic carbocycles. The van der Waals surface area contributed by atoms with Crippen molar-refractivity contribution in [1.82, 2.24) is 14.2 Å². The number of aromatic nitrogens is 1. The van der Waals surface area contributed by atoms with Crippen LogP contribution in [0.1, 0.15) is 48.0 Å². The Hall–Kier alpha value is -3.32. The number of thiazole rings is 1. The molecule has 0 radical (unpaired) electrons. The van der Waals surface area contributed by atoms with Crippen molar-refractivity contribution in [1.29, 1.82) is 0 Å². The summed E-state index contributed by atoms with van der Waals surface area (Å²) in [6.45, 7) is 8.15. The molecule has 226 valence electrons. The third kappa shape index (κ3) is 5.93. The molecule has 2 aromatic heterocycles. The zero-order chi connectivity index (χ0) is 30.3. The van der Waals surface area contributed by atoms with Gasteiger partial charge in [0.15, 0.2) is 0 Å². The molecule has 0 spiro atoms. The minimum absolute atomic E-state index is 0.186. The van der Waals surface area contributed by atoms with Gasteiger partial charge in [-0.25, -0.2) is 18.2 Å². The van der Waals surface area contributed by atoms with Gasteiger partial charge in [0.2, 0.25) is 10.0 Å². The van der Waals surface area contributed by atoms with Crippen LogP contribution in [0.2, 0.25) is 0 Å². The smallest absolute Gasteiger partial charge is 0.410 e. The van der Waals surface area contributed by atoms with E-state index in [-0.39, 0.29) is 16.9 Å². The van der Waals surface area contributed by atoms with Crippen LogP contribution in [-0.4, -0.2) is 60.8 Å². The Morgan fingerprint density at radius 1 is 1.05 bits per heavy atom. The van der Waals surface area contributed by atoms with Crippen molar-refractivity contribution in [3.63, 3.8) is 0 Å². The monoisotopic (exact) mass is 638 g/mol. The van der Waals surface area contributed by atoms with Crippen molar-refractivity contribution in [3.05, 3.63) is 64.5 Å². The van der Waals surface area contributed by atoms with Crippen LogP contribution in [0.25, 0.3) is 20.8 Å². The number of rotatable bonds is 6. The first-order valence-electron chi connectivity index (χ1n) is 14.5. The molecular weight excluding hydrogens is 605 g/mol. The predicted molar refractivity (Wildman–Crippen MR) is 170 cm³/mol. The lowest BCUT2D eigenvalue weighted by Crippen LogP contribution is -2.42. The van der Waals surface area contributed by atoms with Crippen LogP contribution in [0.4, 0.5) is 9.80 Å². The van der Waals surface area contributed by atoms with E-state index in [1.54, 1.807) is 39.6 Å². The molecule has 9 nitrogen and oxygen atoms in total. The molecule has 2 unspecified atom stereocenters. The Morgan fingerprint density at radius 2 is 1.77 bits per heavy atom. The van der Waals surface area contributed by atoms with Crippen LogP contribution in [0, 0.1) is 11.8 Å². The summed E-state index contributed by atoms with van der Waals surface area (Å²) < 4.78 is 34.5. The van der Waals surface area contributed by atoms with Gasteiger partial charge in [-0.3, -0.25) is 4.79 Å². The van der Waals surface area contributed by atoms with Gasteiger partial charge in [-0.05, 0) is 73.6 Å². The molecule has 6 rings (SSSR count). The van der Waals surface area contributed by atoms with Gasteiger partial charge in [0.1, 0.15) is 10.0 Å². The lowest BCUT2D eigenvalue weighted by Gasteiger charge is -2.34. The van der Waals surface area contributed by atoms with Crippen molar-refractivity contribution in [2.24, 2.45) is 11.8 Å². The first-order chi connectivity index (χ1) is 20.6. The van der Waals surface area contributed by atoms with E-state index in [0.717, 1.165) is 37.6 Å². The largest absolute Gasteiger partial charge is 0.450 e. The molecule has 12 heteroatoms. The Balaban J connectivity index is 1.29. The summed E-state index contributed by atoms with van der Waals surface area (Å²) in [5, 5.41) is 4.55. The number of nitrogens with zero attached hydrogens (tertiary/aromatic N) is 3. The topological polar surface area (TPSA) is 109 Å². The molecule has 4 heterocycles. The van der Waals surface area contributed by atoms with Gasteiger partial charge in [-0.1, -0.05) is 26.0 Å². The number of hydrogen-bond donors (Lipinski definition) is 1. The Morgan fingerprint density at radius 3 is 2.47 bits per heavy atom. The number of anilines is 1. The summed E-state index contributed by atoms with van der Waals surface area (Å²) in [5.74, 6) is 0.260. The van der Waals surface area contributed by atoms with E-state index >= 15 is 0 Å². The molecule has 0 saturated carbocycles. The second-order valence-electron chi connectivity index (χ2n) is 11.3. The number of ether oxygens (including phenoxy) is 1. The third-order valence-electron chi connectivity index (χ3n) is 7.91. The number of benzene rings is 2. The molecule has 0 aliphatic carbocycles. The van der Waals surface area contributed by atoms with E-state index in [2.05, 4.69) is 19.2 Å². The summed E-state index contributed by atoms with van der Waals surface area (Å²) in [4.78, 5) is 33.7. The number of amides is 2. The highest BCUT2D eigenvalue weighted by molar-refractivity contribution is 7.89. The molecule has 2 amide bonds. The molecule has 2 aliphatic rings. The highest BCUT2D eigenvalue weighted by Gasteiger charge is 2.33. The fourth-order valence-corrected chi connectivity index (χ4v) is 10.0. The van der Waals surface area contributed by atoms with Gasteiger partial charge in [0.25, 0.3) is 5.91 Å². The molecule has 1 N–H and O–H groups in total. The average Bonchev–Trinajstić information content (AvgIpc) is 3.57. The fourth-order valence-electron chi connectivity index (χ4n) is 5.97. The number of hydrogen-bond acceptors (Lipinski definition) is 8. The average molecular weight is 639 g/mol. The zero-order valence-corrected chi connectivity index (χ0v) is 26.8. The van der Waals surface area contributed by atoms with E-state index in [9.17, 15) is 18.0 Å². The number of sulfonamides is 1. The molecule has 1 saturated heterocycles. The number of thiophene rings is 1. The Kier molecular flexibility index (Phi) is 8.29. The highest BCUT2D eigenvalue weighted by atomic mass is 32.2. The number of nitrogens with one attached hydrogen (secondary N) is 1. The molecule has 2 aliphatic heterocycles. The van der Waals surface area contributed by atoms with Crippen LogP contribution >= 0.6 is 22.7 Å². The first kappa shape index (κ1) is 29.7. The van der Waals surface area contributed by atoms with Crippen molar-refractivity contribution in [2.45, 2.75) is 45.1 Å². The van der Waals surface area contributed by atoms with Gasteiger partial charge in [0, 0.05) is 35.6 Å². The molecule has 4 aromatic rings. The van der Waals surface area contributed by atoms with E-state index < -0.39 is 10.0 Å². The quantitative estimate of drug-likeness (QED) is 0.260. The van der Waals surface area contributed by atoms with Gasteiger partial charge in [-0.2, -0.15) is 4.31 Å². The minimum Gasteiger partial charge on any atom is -0.450 e. The number of carbonyl (C=O) groups excluding carboxylic acids is 2. The number of para-hydroxylation sites is 1. The third-order valence-corrected chi connectivity index (χ3v) is 11.9. The first-order valence-corrected chi connectivity index (χ1v) is 17.5. The maximum absolute atomic E-state index is 13.5. The fraction of sp³-hybridized carbons (Fsp3) is 0.387. The number of fused-ring (bicyclic) bond motifs is 2. The van der Waals surface area contributed by atoms with Gasteiger partial charge < -0.3 is 15.0 Å². The molecule has 43 heavy (non-hydrogen) atoms. The van der Waals surface area contributed by atoms with Crippen LogP contribution in [0.3, 0.4) is 0 Å². The maximum atomic E-state index is 13.5. The summed E-state index contributed by atoms with van der Waals surface area (Å²) >= 11 is 3.00. The summed E-state index contributed by atoms with van der Waals surface area (Å²) in [5.41, 5.74) is 3.20. The molecule has 0 bridgehead atoms. The van der Waals surface area contributed by atoms with Crippen molar-refractivity contribution in [2.75, 3.05) is 31.6 Å². The second kappa shape index (κ2) is 12.0. The zero-order valence-electron chi connectivity index (χ0n) is 24.3. The summed E-state index contributed by atoms with van der Waals surface area (Å²) in [7, 11) is -3.65. The minimum atomic E-state index is -3.65. The second-order valence-corrected chi connectivity index (χ2v) is 15.4. The normalized spacial score (nSPS) is 19.3. The number of piperidine rings is 1. The van der Waals surface area contributed by atoms with E-state index in [4.69, 9.17) is 9.72 Å². The van der Waals surface area contributed by atoms with Gasteiger partial charge in [0.05, 0.1) is 28.3 Å². The van der Waals surface area contributed by atoms with Crippen LogP contribution in [-0.2, 0) is 27.7 Å². The van der Waals surface area contributed by atoms with Crippen LogP contribution < -0.4 is 5.32 Å². The summed E-state index contributed by atoms with van der Waals surface area (Å²) in [6.07, 6.45) is 1.28. The van der Waals surface area contributed by atoms with Gasteiger partial charge >= 0.3 is 6.09 Å². The van der Waals surface area contributed by atoms with E-state index in [1.165, 1.54) is 23.5 Å². The van der Waals surface area contributed by atoms with E-state index in [1.807, 2.05) is 24.3 Å². The van der Waals surface area contributed by atoms with Crippen molar-refractivity contribution >= 4 is 59.9 Å². The lowest BCUT2D eigenvalue weighted by atomic mass is 9.94. The SMILES string of the molecule is CCOC(=O)N1CCc2c(sc(NC(=O)c3ccc(S(=O)(=O)N4CC(C)CC(C)C4)cc3)c2-c2nc3ccccc3s2)C1. The Labute approximate surface area is 259 Å². The van der Waals surface area contributed by atoms with Crippen molar-refractivity contribution in [3.8, 4) is 10.6 Å². The standard InChI is InChI=1S/C31H34N4O5S3/c1-4-40-31(37)34-14-13-23-26(18-34)42-30(27(23)29-32-24-7-5-6-8-25(24)41-29)33-28(36)21-9-11-22(12-10-21)43(38,39)35-16-19(2)15-20(3)17-35/h5-12,19-20H,4,13-18H2,1-3H3,(H,33,36).